The number of hydrogen-bond donors (Lipinski definition) is 0. The first-order valence-electron chi connectivity index (χ1n) is 11.5. The lowest BCUT2D eigenvalue weighted by Gasteiger charge is -2.42. The molecule has 4 atom stereocenters. The third-order valence-electron chi connectivity index (χ3n) is 7.55. The summed E-state index contributed by atoms with van der Waals surface area (Å²) in [5.74, 6) is 3.15. The zero-order valence-electron chi connectivity index (χ0n) is 17.2. The van der Waals surface area contributed by atoms with Crippen molar-refractivity contribution in [2.45, 2.75) is 83.5 Å². The molecule has 0 amide bonds. The van der Waals surface area contributed by atoms with Crippen molar-refractivity contribution in [3.63, 3.8) is 0 Å². The number of halogens is 2. The van der Waals surface area contributed by atoms with Crippen molar-refractivity contribution < 1.29 is 4.39 Å². The van der Waals surface area contributed by atoms with Gasteiger partial charge in [0.25, 0.3) is 0 Å². The average Bonchev–Trinajstić information content (AvgIpc) is 2.71. The largest absolute Gasteiger partial charge is 0.206 e. The molecule has 2 heteroatoms. The highest BCUT2D eigenvalue weighted by atomic mass is 35.5. The minimum absolute atomic E-state index is 0.118. The topological polar surface area (TPSA) is 0 Å². The molecule has 4 rings (SSSR count). The molecule has 0 N–H and O–H groups in total. The van der Waals surface area contributed by atoms with Gasteiger partial charge in [-0.25, -0.2) is 4.39 Å². The van der Waals surface area contributed by atoms with Crippen LogP contribution >= 0.6 is 11.6 Å². The maximum absolute atomic E-state index is 14.7. The number of benzene rings is 2. The van der Waals surface area contributed by atoms with Crippen molar-refractivity contribution in [1.82, 2.24) is 0 Å². The SMILES string of the molecule is CCCCCCC1CCC2CC(c3cc(F)c4cc(Cl)ccc4c3)CCC2C1. The molecular weight excluding hydrogens is 367 g/mol. The highest BCUT2D eigenvalue weighted by molar-refractivity contribution is 6.31. The van der Waals surface area contributed by atoms with E-state index in [1.165, 1.54) is 76.2 Å². The van der Waals surface area contributed by atoms with Crippen LogP contribution in [0.3, 0.4) is 0 Å². The molecule has 0 radical (unpaired) electrons. The van der Waals surface area contributed by atoms with Gasteiger partial charge in [-0.05, 0) is 84.9 Å². The summed E-state index contributed by atoms with van der Waals surface area (Å²) in [7, 11) is 0. The van der Waals surface area contributed by atoms with E-state index in [-0.39, 0.29) is 5.82 Å². The van der Waals surface area contributed by atoms with Crippen LogP contribution < -0.4 is 0 Å². The Morgan fingerprint density at radius 2 is 1.75 bits per heavy atom. The molecule has 4 unspecified atom stereocenters. The Bertz CT molecular complexity index is 798. The van der Waals surface area contributed by atoms with E-state index >= 15 is 0 Å². The van der Waals surface area contributed by atoms with Crippen molar-refractivity contribution in [1.29, 1.82) is 0 Å². The quantitative estimate of drug-likeness (QED) is 0.424. The van der Waals surface area contributed by atoms with Gasteiger partial charge in [0.05, 0.1) is 0 Å². The Hall–Kier alpha value is -1.08. The molecule has 0 heterocycles. The molecule has 2 aromatic rings. The van der Waals surface area contributed by atoms with Gasteiger partial charge in [0.2, 0.25) is 0 Å². The lowest BCUT2D eigenvalue weighted by Crippen LogP contribution is -2.30. The van der Waals surface area contributed by atoms with Gasteiger partial charge in [0, 0.05) is 10.4 Å². The van der Waals surface area contributed by atoms with Crippen LogP contribution in [-0.2, 0) is 0 Å². The minimum atomic E-state index is -0.118. The normalized spacial score (nSPS) is 27.7. The molecule has 0 bridgehead atoms. The first-order chi connectivity index (χ1) is 13.6. The molecule has 2 saturated carbocycles. The van der Waals surface area contributed by atoms with Crippen LogP contribution in [0, 0.1) is 23.6 Å². The summed E-state index contributed by atoms with van der Waals surface area (Å²) < 4.78 is 14.7. The Labute approximate surface area is 174 Å². The molecule has 2 aromatic carbocycles. The van der Waals surface area contributed by atoms with Gasteiger partial charge >= 0.3 is 0 Å². The third kappa shape index (κ3) is 4.56. The number of fused-ring (bicyclic) bond motifs is 2. The smallest absolute Gasteiger partial charge is 0.131 e. The summed E-state index contributed by atoms with van der Waals surface area (Å²) in [4.78, 5) is 0. The van der Waals surface area contributed by atoms with Crippen molar-refractivity contribution in [2.24, 2.45) is 17.8 Å². The lowest BCUT2D eigenvalue weighted by molar-refractivity contribution is 0.113. The minimum Gasteiger partial charge on any atom is -0.206 e. The van der Waals surface area contributed by atoms with Crippen LogP contribution in [0.25, 0.3) is 10.8 Å². The van der Waals surface area contributed by atoms with E-state index in [0.29, 0.717) is 16.3 Å². The molecule has 0 aromatic heterocycles. The fraction of sp³-hybridized carbons (Fsp3) is 0.615. The Kier molecular flexibility index (Phi) is 6.61. The van der Waals surface area contributed by atoms with E-state index in [4.69, 9.17) is 11.6 Å². The summed E-state index contributed by atoms with van der Waals surface area (Å²) in [5.41, 5.74) is 1.20. The number of hydrogen-bond acceptors (Lipinski definition) is 0. The Morgan fingerprint density at radius 3 is 2.61 bits per heavy atom. The fourth-order valence-electron chi connectivity index (χ4n) is 5.95. The molecule has 28 heavy (non-hydrogen) atoms. The zero-order chi connectivity index (χ0) is 19.5. The predicted octanol–water partition coefficient (Wildman–Crippen LogP) is 8.90. The van der Waals surface area contributed by atoms with Crippen LogP contribution in [0.2, 0.25) is 5.02 Å². The summed E-state index contributed by atoms with van der Waals surface area (Å²) in [6.45, 7) is 2.29. The molecule has 152 valence electrons. The summed E-state index contributed by atoms with van der Waals surface area (Å²) in [6.07, 6.45) is 15.1. The van der Waals surface area contributed by atoms with Gasteiger partial charge in [-0.2, -0.15) is 0 Å². The van der Waals surface area contributed by atoms with E-state index < -0.39 is 0 Å². The summed E-state index contributed by atoms with van der Waals surface area (Å²) >= 11 is 6.05. The van der Waals surface area contributed by atoms with Crippen LogP contribution in [0.5, 0.6) is 0 Å². The summed E-state index contributed by atoms with van der Waals surface area (Å²) in [6, 6.07) is 9.56. The first kappa shape index (κ1) is 20.2. The van der Waals surface area contributed by atoms with Crippen molar-refractivity contribution in [2.75, 3.05) is 0 Å². The molecule has 2 fully saturated rings. The maximum Gasteiger partial charge on any atom is 0.131 e. The molecule has 0 spiro atoms. The van der Waals surface area contributed by atoms with Gasteiger partial charge in [-0.3, -0.25) is 0 Å². The standard InChI is InChI=1S/C26H34ClF/c1-2-3-4-5-6-18-7-8-20-14-21(10-9-19(20)13-18)23-15-22-11-12-24(27)17-25(22)26(28)16-23/h11-12,15-21H,2-10,13-14H2,1H3. The van der Waals surface area contributed by atoms with Gasteiger partial charge in [0.1, 0.15) is 5.82 Å². The molecule has 0 saturated heterocycles. The fourth-order valence-corrected chi connectivity index (χ4v) is 6.13. The van der Waals surface area contributed by atoms with E-state index in [1.807, 2.05) is 12.1 Å². The zero-order valence-corrected chi connectivity index (χ0v) is 18.0. The third-order valence-corrected chi connectivity index (χ3v) is 7.78. The predicted molar refractivity (Wildman–Crippen MR) is 119 cm³/mol. The molecule has 0 aliphatic heterocycles. The highest BCUT2D eigenvalue weighted by Crippen LogP contribution is 2.48. The van der Waals surface area contributed by atoms with E-state index in [2.05, 4.69) is 13.0 Å². The molecular formula is C26H34ClF. The second-order valence-electron chi connectivity index (χ2n) is 9.43. The van der Waals surface area contributed by atoms with Gasteiger partial charge in [-0.1, -0.05) is 69.2 Å². The molecule has 2 aliphatic carbocycles. The maximum atomic E-state index is 14.7. The monoisotopic (exact) mass is 400 g/mol. The second kappa shape index (κ2) is 9.16. The van der Waals surface area contributed by atoms with Crippen LogP contribution in [0.4, 0.5) is 4.39 Å². The lowest BCUT2D eigenvalue weighted by atomic mass is 9.63. The summed E-state index contributed by atoms with van der Waals surface area (Å²) in [5, 5.41) is 2.23. The van der Waals surface area contributed by atoms with E-state index in [0.717, 1.165) is 23.1 Å². The van der Waals surface area contributed by atoms with E-state index in [9.17, 15) is 4.39 Å². The van der Waals surface area contributed by atoms with Gasteiger partial charge in [-0.15, -0.1) is 0 Å². The van der Waals surface area contributed by atoms with E-state index in [1.54, 1.807) is 12.1 Å². The van der Waals surface area contributed by atoms with Crippen molar-refractivity contribution >= 4 is 22.4 Å². The van der Waals surface area contributed by atoms with Crippen molar-refractivity contribution in [3.05, 3.63) is 46.7 Å². The van der Waals surface area contributed by atoms with Crippen LogP contribution in [-0.4, -0.2) is 0 Å². The molecule has 0 nitrogen and oxygen atoms in total. The number of rotatable bonds is 6. The first-order valence-corrected chi connectivity index (χ1v) is 11.9. The Balaban J connectivity index is 1.38. The Morgan fingerprint density at radius 1 is 0.929 bits per heavy atom. The van der Waals surface area contributed by atoms with Crippen LogP contribution in [0.15, 0.2) is 30.3 Å². The number of unbranched alkanes of at least 4 members (excludes halogenated alkanes) is 3. The highest BCUT2D eigenvalue weighted by Gasteiger charge is 2.35. The second-order valence-corrected chi connectivity index (χ2v) is 9.86. The van der Waals surface area contributed by atoms with Gasteiger partial charge in [0.15, 0.2) is 0 Å². The molecule has 2 aliphatic rings. The van der Waals surface area contributed by atoms with Gasteiger partial charge < -0.3 is 0 Å². The van der Waals surface area contributed by atoms with Crippen LogP contribution in [0.1, 0.15) is 89.0 Å². The van der Waals surface area contributed by atoms with Crippen molar-refractivity contribution in [3.8, 4) is 0 Å². The average molecular weight is 401 g/mol.